The van der Waals surface area contributed by atoms with Crippen LogP contribution in [0.4, 0.5) is 4.39 Å². The third kappa shape index (κ3) is 5.38. The molecule has 3 aliphatic heterocycles. The fourth-order valence-electron chi connectivity index (χ4n) is 6.87. The van der Waals surface area contributed by atoms with Crippen LogP contribution in [-0.2, 0) is 21.5 Å². The first-order chi connectivity index (χ1) is 20.3. The molecule has 10 heteroatoms. The number of carbonyl (C=O) groups is 2. The fraction of sp³-hybridized carbons (Fsp3) is 0.500. The van der Waals surface area contributed by atoms with Crippen molar-refractivity contribution in [2.75, 3.05) is 53.6 Å². The van der Waals surface area contributed by atoms with Crippen LogP contribution >= 0.6 is 11.6 Å². The number of benzene rings is 2. The van der Waals surface area contributed by atoms with E-state index >= 15 is 0 Å². The van der Waals surface area contributed by atoms with E-state index in [9.17, 15) is 14.0 Å². The highest BCUT2D eigenvalue weighted by Crippen LogP contribution is 2.40. The van der Waals surface area contributed by atoms with Crippen molar-refractivity contribution >= 4 is 34.3 Å². The average molecular weight is 597 g/mol. The van der Waals surface area contributed by atoms with Gasteiger partial charge in [0.1, 0.15) is 11.4 Å². The monoisotopic (exact) mass is 596 g/mol. The number of hydrogen-bond acceptors (Lipinski definition) is 5. The van der Waals surface area contributed by atoms with Gasteiger partial charge in [0.05, 0.1) is 24.1 Å². The maximum Gasteiger partial charge on any atom is 0.259 e. The summed E-state index contributed by atoms with van der Waals surface area (Å²) in [7, 11) is 3.62. The summed E-state index contributed by atoms with van der Waals surface area (Å²) < 4.78 is 27.4. The number of halogens is 2. The molecule has 1 N–H and O–H groups in total. The Morgan fingerprint density at radius 2 is 1.79 bits per heavy atom. The van der Waals surface area contributed by atoms with Crippen LogP contribution in [0.25, 0.3) is 10.9 Å². The van der Waals surface area contributed by atoms with Crippen LogP contribution in [0, 0.1) is 11.7 Å². The number of amides is 2. The summed E-state index contributed by atoms with van der Waals surface area (Å²) in [5.74, 6) is 0.411. The van der Waals surface area contributed by atoms with Gasteiger partial charge in [-0.15, -0.1) is 0 Å². The Morgan fingerprint density at radius 3 is 2.43 bits per heavy atom. The number of ether oxygens (including phenoxy) is 2. The van der Waals surface area contributed by atoms with Crippen LogP contribution in [0.2, 0.25) is 5.02 Å². The number of likely N-dealkylation sites (tertiary alicyclic amines) is 2. The first-order valence-electron chi connectivity index (χ1n) is 14.8. The van der Waals surface area contributed by atoms with Crippen molar-refractivity contribution in [2.24, 2.45) is 5.92 Å². The van der Waals surface area contributed by atoms with Crippen LogP contribution in [0.1, 0.15) is 41.6 Å². The van der Waals surface area contributed by atoms with Crippen molar-refractivity contribution in [1.29, 1.82) is 0 Å². The molecule has 3 fully saturated rings. The van der Waals surface area contributed by atoms with E-state index in [2.05, 4.69) is 14.8 Å². The van der Waals surface area contributed by atoms with E-state index in [-0.39, 0.29) is 23.7 Å². The van der Waals surface area contributed by atoms with Gasteiger partial charge in [-0.2, -0.15) is 0 Å². The minimum absolute atomic E-state index is 0.0586. The highest BCUT2D eigenvalue weighted by molar-refractivity contribution is 6.31. The maximum absolute atomic E-state index is 14.3. The number of nitrogens with zero attached hydrogens (tertiary/aromatic N) is 3. The lowest BCUT2D eigenvalue weighted by Crippen LogP contribution is -2.62. The molecule has 3 aromatic rings. The topological polar surface area (TPSA) is 76.0 Å². The number of nitrogens with one attached hydrogen (secondary N) is 1. The number of rotatable bonds is 7. The zero-order chi connectivity index (χ0) is 29.4. The van der Waals surface area contributed by atoms with E-state index in [1.54, 1.807) is 19.2 Å². The molecule has 3 aliphatic rings. The molecule has 2 aromatic carbocycles. The van der Waals surface area contributed by atoms with Gasteiger partial charge >= 0.3 is 0 Å². The number of methoxy groups -OCH3 is 1. The van der Waals surface area contributed by atoms with Crippen molar-refractivity contribution in [3.63, 3.8) is 0 Å². The molecule has 42 heavy (non-hydrogen) atoms. The predicted octanol–water partition coefficient (Wildman–Crippen LogP) is 4.47. The first-order valence-corrected chi connectivity index (χ1v) is 15.1. The smallest absolute Gasteiger partial charge is 0.259 e. The quantitative estimate of drug-likeness (QED) is 0.436. The Labute approximate surface area is 250 Å². The summed E-state index contributed by atoms with van der Waals surface area (Å²) in [6.07, 6.45) is 2.78. The molecule has 0 saturated carbocycles. The second-order valence-corrected chi connectivity index (χ2v) is 12.4. The van der Waals surface area contributed by atoms with Crippen molar-refractivity contribution in [3.8, 4) is 5.88 Å². The number of carbonyl (C=O) groups excluding carboxylic acids is 2. The average Bonchev–Trinajstić information content (AvgIpc) is 3.28. The number of fused-ring (bicyclic) bond motifs is 1. The van der Waals surface area contributed by atoms with Crippen LogP contribution in [0.5, 0.6) is 5.88 Å². The van der Waals surface area contributed by atoms with Crippen LogP contribution in [0.3, 0.4) is 0 Å². The van der Waals surface area contributed by atoms with E-state index < -0.39 is 5.41 Å². The third-order valence-corrected chi connectivity index (χ3v) is 9.54. The molecule has 2 amide bonds. The molecule has 8 nitrogen and oxygen atoms in total. The normalized spacial score (nSPS) is 20.0. The Hall–Kier alpha value is -3.14. The van der Waals surface area contributed by atoms with Gasteiger partial charge in [-0.25, -0.2) is 4.39 Å². The lowest BCUT2D eigenvalue weighted by molar-refractivity contribution is -0.130. The van der Waals surface area contributed by atoms with Gasteiger partial charge in [-0.3, -0.25) is 9.59 Å². The molecule has 6 rings (SSSR count). The highest BCUT2D eigenvalue weighted by Gasteiger charge is 2.45. The summed E-state index contributed by atoms with van der Waals surface area (Å²) in [5, 5.41) is 4.53. The summed E-state index contributed by atoms with van der Waals surface area (Å²) in [4.78, 5) is 32.0. The van der Waals surface area contributed by atoms with Gasteiger partial charge in [-0.05, 0) is 74.5 Å². The molecule has 0 radical (unpaired) electrons. The lowest BCUT2D eigenvalue weighted by Gasteiger charge is -2.44. The number of piperidine rings is 1. The van der Waals surface area contributed by atoms with Gasteiger partial charge in [-0.1, -0.05) is 23.7 Å². The van der Waals surface area contributed by atoms with Crippen molar-refractivity contribution in [3.05, 3.63) is 64.4 Å². The van der Waals surface area contributed by atoms with E-state index in [1.165, 1.54) is 12.1 Å². The molecular weight excluding hydrogens is 559 g/mol. The van der Waals surface area contributed by atoms with Gasteiger partial charge < -0.3 is 29.2 Å². The molecule has 0 atom stereocenters. The lowest BCUT2D eigenvalue weighted by atomic mass is 9.71. The molecule has 1 aromatic heterocycles. The van der Waals surface area contributed by atoms with E-state index in [4.69, 9.17) is 21.1 Å². The van der Waals surface area contributed by atoms with Crippen molar-refractivity contribution in [1.82, 2.24) is 19.7 Å². The number of likely N-dealkylation sites (N-methyl/N-ethyl adjacent to an activating group) is 1. The fourth-order valence-corrected chi connectivity index (χ4v) is 7.04. The molecule has 224 valence electrons. The van der Waals surface area contributed by atoms with Gasteiger partial charge in [0.15, 0.2) is 0 Å². The Morgan fingerprint density at radius 1 is 1.10 bits per heavy atom. The largest absolute Gasteiger partial charge is 0.482 e. The molecule has 4 heterocycles. The van der Waals surface area contributed by atoms with E-state index in [1.807, 2.05) is 30.1 Å². The molecule has 0 bridgehead atoms. The molecule has 3 saturated heterocycles. The summed E-state index contributed by atoms with van der Waals surface area (Å²) in [6.45, 7) is 4.56. The number of hydrogen-bond donors (Lipinski definition) is 1. The Bertz CT molecular complexity index is 1460. The van der Waals surface area contributed by atoms with Crippen molar-refractivity contribution in [2.45, 2.75) is 43.7 Å². The highest BCUT2D eigenvalue weighted by atomic mass is 35.5. The third-order valence-electron chi connectivity index (χ3n) is 9.30. The SMILES string of the molecule is COc1c(C(=O)N2CCC(C(=O)NC3CN(C)C3)(c3ccc(F)cc3)CC2)c2cc(Cl)ccc2n1CC1CCOCC1. The predicted molar refractivity (Wildman–Crippen MR) is 160 cm³/mol. The number of aromatic nitrogens is 1. The molecule has 0 spiro atoms. The minimum Gasteiger partial charge on any atom is -0.482 e. The second kappa shape index (κ2) is 11.9. The van der Waals surface area contributed by atoms with E-state index in [0.717, 1.165) is 62.2 Å². The standard InChI is InChI=1S/C32H38ClFN4O4/c1-36-19-25(20-36)35-31(40)32(22-3-6-24(34)7-4-22)11-13-37(14-12-32)29(39)28-26-17-23(33)5-8-27(26)38(30(28)41-2)18-21-9-15-42-16-10-21/h3-8,17,21,25H,9-16,18-20H2,1-2H3,(H,35,40). The first kappa shape index (κ1) is 29.0. The van der Waals surface area contributed by atoms with Crippen LogP contribution in [-0.4, -0.2) is 85.8 Å². The van der Waals surface area contributed by atoms with E-state index in [0.29, 0.717) is 48.3 Å². The van der Waals surface area contributed by atoms with Gasteiger partial charge in [0.2, 0.25) is 11.8 Å². The summed E-state index contributed by atoms with van der Waals surface area (Å²) in [5.41, 5.74) is 1.34. The zero-order valence-corrected chi connectivity index (χ0v) is 25.0. The minimum atomic E-state index is -0.844. The van der Waals surface area contributed by atoms with Crippen molar-refractivity contribution < 1.29 is 23.5 Å². The summed E-state index contributed by atoms with van der Waals surface area (Å²) in [6, 6.07) is 11.9. The molecular formula is C32H38ClFN4O4. The Kier molecular flexibility index (Phi) is 8.18. The van der Waals surface area contributed by atoms with Crippen LogP contribution < -0.4 is 10.1 Å². The Balaban J connectivity index is 1.29. The summed E-state index contributed by atoms with van der Waals surface area (Å²) >= 11 is 6.43. The molecule has 0 unspecified atom stereocenters. The molecule has 0 aliphatic carbocycles. The second-order valence-electron chi connectivity index (χ2n) is 12.0. The maximum atomic E-state index is 14.3. The van der Waals surface area contributed by atoms with Crippen LogP contribution in [0.15, 0.2) is 42.5 Å². The van der Waals surface area contributed by atoms with Gasteiger partial charge in [0, 0.05) is 56.3 Å². The van der Waals surface area contributed by atoms with Gasteiger partial charge in [0.25, 0.3) is 5.91 Å². The zero-order valence-electron chi connectivity index (χ0n) is 24.2.